The van der Waals surface area contributed by atoms with Gasteiger partial charge in [0.1, 0.15) is 17.3 Å². The number of carbonyl (C=O) groups is 2. The molecule has 0 atom stereocenters. The summed E-state index contributed by atoms with van der Waals surface area (Å²) in [5, 5.41) is 7.93. The summed E-state index contributed by atoms with van der Waals surface area (Å²) in [5.41, 5.74) is 0.964. The first kappa shape index (κ1) is 19.0. The Morgan fingerprint density at radius 3 is 2.42 bits per heavy atom. The lowest BCUT2D eigenvalue weighted by atomic mass is 10.2. The van der Waals surface area contributed by atoms with Gasteiger partial charge < -0.3 is 25.4 Å². The average Bonchev–Trinajstić information content (AvgIpc) is 2.61. The summed E-state index contributed by atoms with van der Waals surface area (Å²) in [7, 11) is 3.00. The number of hydrogen-bond acceptors (Lipinski definition) is 5. The first-order chi connectivity index (χ1) is 12.4. The number of nitrogens with one attached hydrogen (secondary N) is 3. The highest BCUT2D eigenvalue weighted by atomic mass is 19.1. The van der Waals surface area contributed by atoms with Crippen molar-refractivity contribution in [2.24, 2.45) is 0 Å². The third-order valence-corrected chi connectivity index (χ3v) is 3.41. The Hall–Kier alpha value is -3.29. The first-order valence-electron chi connectivity index (χ1n) is 7.76. The number of hydrogen-bond donors (Lipinski definition) is 3. The van der Waals surface area contributed by atoms with Gasteiger partial charge >= 0.3 is 0 Å². The number of ether oxygens (including phenoxy) is 2. The van der Waals surface area contributed by atoms with Gasteiger partial charge in [-0.25, -0.2) is 4.39 Å². The average molecular weight is 361 g/mol. The molecule has 0 heterocycles. The minimum Gasteiger partial charge on any atom is -0.497 e. The van der Waals surface area contributed by atoms with E-state index < -0.39 is 11.7 Å². The number of amides is 2. The molecular formula is C18H20FN3O4. The van der Waals surface area contributed by atoms with Gasteiger partial charge in [0.25, 0.3) is 0 Å². The van der Waals surface area contributed by atoms with E-state index in [-0.39, 0.29) is 18.1 Å². The Morgan fingerprint density at radius 1 is 1.00 bits per heavy atom. The number of benzene rings is 2. The van der Waals surface area contributed by atoms with Gasteiger partial charge in [-0.1, -0.05) is 0 Å². The van der Waals surface area contributed by atoms with E-state index in [4.69, 9.17) is 9.47 Å². The van der Waals surface area contributed by atoms with Crippen molar-refractivity contribution in [3.8, 4) is 11.5 Å². The summed E-state index contributed by atoms with van der Waals surface area (Å²) in [6.07, 6.45) is 0. The molecule has 2 aromatic rings. The van der Waals surface area contributed by atoms with E-state index in [0.29, 0.717) is 22.9 Å². The van der Waals surface area contributed by atoms with Crippen LogP contribution in [0, 0.1) is 5.82 Å². The predicted octanol–water partition coefficient (Wildman–Crippen LogP) is 2.85. The molecule has 2 rings (SSSR count). The molecule has 0 saturated heterocycles. The van der Waals surface area contributed by atoms with Crippen LogP contribution in [0.1, 0.15) is 6.92 Å². The van der Waals surface area contributed by atoms with Crippen LogP contribution < -0.4 is 25.4 Å². The Bertz CT molecular complexity index is 811. The fourth-order valence-corrected chi connectivity index (χ4v) is 2.22. The molecule has 26 heavy (non-hydrogen) atoms. The Kier molecular flexibility index (Phi) is 6.37. The SMILES string of the molecule is COc1ccc(OC)c(NC(=O)CNc2cc(NC(C)=O)ccc2F)c1. The maximum atomic E-state index is 13.9. The molecule has 8 heteroatoms. The summed E-state index contributed by atoms with van der Waals surface area (Å²) in [5.74, 6) is -0.182. The molecule has 0 aromatic heterocycles. The summed E-state index contributed by atoms with van der Waals surface area (Å²) in [6, 6.07) is 9.04. The Labute approximate surface area is 150 Å². The van der Waals surface area contributed by atoms with Crippen LogP contribution in [-0.2, 0) is 9.59 Å². The molecule has 3 N–H and O–H groups in total. The minimum absolute atomic E-state index is 0.101. The lowest BCUT2D eigenvalue weighted by molar-refractivity contribution is -0.115. The van der Waals surface area contributed by atoms with Gasteiger partial charge in [-0.3, -0.25) is 9.59 Å². The van der Waals surface area contributed by atoms with Crippen LogP contribution in [-0.4, -0.2) is 32.6 Å². The van der Waals surface area contributed by atoms with Crippen LogP contribution in [0.25, 0.3) is 0 Å². The highest BCUT2D eigenvalue weighted by Crippen LogP contribution is 2.28. The molecule has 0 aliphatic heterocycles. The summed E-state index contributed by atoms with van der Waals surface area (Å²) >= 11 is 0. The second-order valence-corrected chi connectivity index (χ2v) is 5.34. The third kappa shape index (κ3) is 5.10. The van der Waals surface area contributed by atoms with E-state index in [0.717, 1.165) is 0 Å². The molecule has 0 spiro atoms. The number of rotatable bonds is 7. The first-order valence-corrected chi connectivity index (χ1v) is 7.76. The van der Waals surface area contributed by atoms with Gasteiger partial charge in [0.2, 0.25) is 11.8 Å². The van der Waals surface area contributed by atoms with Crippen molar-refractivity contribution in [2.45, 2.75) is 6.92 Å². The van der Waals surface area contributed by atoms with Crippen LogP contribution in [0.2, 0.25) is 0 Å². The Morgan fingerprint density at radius 2 is 1.77 bits per heavy atom. The van der Waals surface area contributed by atoms with E-state index >= 15 is 0 Å². The second-order valence-electron chi connectivity index (χ2n) is 5.34. The van der Waals surface area contributed by atoms with Gasteiger partial charge in [0, 0.05) is 18.7 Å². The molecule has 0 aliphatic carbocycles. The summed E-state index contributed by atoms with van der Waals surface area (Å²) in [6.45, 7) is 1.17. The van der Waals surface area contributed by atoms with E-state index in [1.165, 1.54) is 39.3 Å². The molecule has 0 saturated carbocycles. The lowest BCUT2D eigenvalue weighted by Gasteiger charge is -2.13. The van der Waals surface area contributed by atoms with Crippen LogP contribution in [0.15, 0.2) is 36.4 Å². The predicted molar refractivity (Wildman–Crippen MR) is 97.4 cm³/mol. The molecule has 0 fully saturated rings. The number of halogens is 1. The minimum atomic E-state index is -0.536. The van der Waals surface area contributed by atoms with Crippen molar-refractivity contribution in [3.63, 3.8) is 0 Å². The highest BCUT2D eigenvalue weighted by Gasteiger charge is 2.11. The molecule has 0 bridgehead atoms. The number of methoxy groups -OCH3 is 2. The van der Waals surface area contributed by atoms with Crippen molar-refractivity contribution < 1.29 is 23.5 Å². The molecule has 0 unspecified atom stereocenters. The molecular weight excluding hydrogens is 341 g/mol. The van der Waals surface area contributed by atoms with Crippen LogP contribution in [0.4, 0.5) is 21.5 Å². The third-order valence-electron chi connectivity index (χ3n) is 3.41. The highest BCUT2D eigenvalue weighted by molar-refractivity contribution is 5.95. The standard InChI is InChI=1S/C18H20FN3O4/c1-11(23)21-12-4-6-14(19)15(8-12)20-10-18(24)22-16-9-13(25-2)5-7-17(16)26-3/h4-9,20H,10H2,1-3H3,(H,21,23)(H,22,24). The van der Waals surface area contributed by atoms with Gasteiger partial charge in [-0.15, -0.1) is 0 Å². The van der Waals surface area contributed by atoms with Crippen molar-refractivity contribution >= 4 is 28.9 Å². The zero-order valence-electron chi connectivity index (χ0n) is 14.7. The largest absolute Gasteiger partial charge is 0.497 e. The zero-order valence-corrected chi connectivity index (χ0v) is 14.7. The normalized spacial score (nSPS) is 10.0. The molecule has 0 radical (unpaired) electrons. The van der Waals surface area contributed by atoms with E-state index in [1.807, 2.05) is 0 Å². The maximum Gasteiger partial charge on any atom is 0.243 e. The van der Waals surface area contributed by atoms with Gasteiger partial charge in [0.15, 0.2) is 0 Å². The monoisotopic (exact) mass is 361 g/mol. The zero-order chi connectivity index (χ0) is 19.1. The smallest absolute Gasteiger partial charge is 0.243 e. The summed E-state index contributed by atoms with van der Waals surface area (Å²) in [4.78, 5) is 23.2. The molecule has 7 nitrogen and oxygen atoms in total. The lowest BCUT2D eigenvalue weighted by Crippen LogP contribution is -2.22. The van der Waals surface area contributed by atoms with Gasteiger partial charge in [0.05, 0.1) is 32.1 Å². The quantitative estimate of drug-likeness (QED) is 0.706. The summed E-state index contributed by atoms with van der Waals surface area (Å²) < 4.78 is 24.2. The van der Waals surface area contributed by atoms with Crippen molar-refractivity contribution in [2.75, 3.05) is 36.7 Å². The second kappa shape index (κ2) is 8.70. The van der Waals surface area contributed by atoms with Crippen LogP contribution >= 0.6 is 0 Å². The van der Waals surface area contributed by atoms with Crippen LogP contribution in [0.3, 0.4) is 0 Å². The van der Waals surface area contributed by atoms with Gasteiger partial charge in [-0.05, 0) is 30.3 Å². The molecule has 0 aliphatic rings. The molecule has 138 valence electrons. The van der Waals surface area contributed by atoms with Crippen molar-refractivity contribution in [1.82, 2.24) is 0 Å². The number of carbonyl (C=O) groups excluding carboxylic acids is 2. The molecule has 2 amide bonds. The topological polar surface area (TPSA) is 88.7 Å². The van der Waals surface area contributed by atoms with E-state index in [1.54, 1.807) is 18.2 Å². The Balaban J connectivity index is 2.04. The van der Waals surface area contributed by atoms with E-state index in [9.17, 15) is 14.0 Å². The number of anilines is 3. The maximum absolute atomic E-state index is 13.9. The fourth-order valence-electron chi connectivity index (χ4n) is 2.22. The van der Waals surface area contributed by atoms with Gasteiger partial charge in [-0.2, -0.15) is 0 Å². The van der Waals surface area contributed by atoms with Crippen molar-refractivity contribution in [1.29, 1.82) is 0 Å². The van der Waals surface area contributed by atoms with E-state index in [2.05, 4.69) is 16.0 Å². The van der Waals surface area contributed by atoms with Crippen LogP contribution in [0.5, 0.6) is 11.5 Å². The molecule has 2 aromatic carbocycles. The van der Waals surface area contributed by atoms with Crippen molar-refractivity contribution in [3.05, 3.63) is 42.2 Å². The fraction of sp³-hybridized carbons (Fsp3) is 0.222.